The van der Waals surface area contributed by atoms with E-state index in [4.69, 9.17) is 68.5 Å². The Kier molecular flexibility index (Phi) is 26.2. The number of hydrogen-bond acceptors (Lipinski definition) is 20. The summed E-state index contributed by atoms with van der Waals surface area (Å²) in [4.78, 5) is 81.5. The molecule has 6 aromatic carbocycles. The van der Waals surface area contributed by atoms with Gasteiger partial charge in [0.25, 0.3) is 0 Å². The maximum Gasteiger partial charge on any atom is 0.339 e. The van der Waals surface area contributed by atoms with Gasteiger partial charge in [0.1, 0.15) is 17.5 Å². The van der Waals surface area contributed by atoms with Gasteiger partial charge in [0.2, 0.25) is 0 Å². The highest BCUT2D eigenvalue weighted by atomic mass is 79.9. The van der Waals surface area contributed by atoms with E-state index in [0.29, 0.717) is 27.2 Å². The molecule has 0 bridgehead atoms. The van der Waals surface area contributed by atoms with E-state index < -0.39 is 53.0 Å². The maximum absolute atomic E-state index is 13.3. The number of benzene rings is 6. The maximum atomic E-state index is 13.3. The fourth-order valence-electron chi connectivity index (χ4n) is 14.3. The molecule has 3 atom stereocenters. The minimum Gasteiger partial charge on any atom is -0.479 e. The van der Waals surface area contributed by atoms with Crippen LogP contribution in [-0.2, 0) is 77.0 Å². The van der Waals surface area contributed by atoms with Gasteiger partial charge in [-0.25, -0.2) is 44.3 Å². The van der Waals surface area contributed by atoms with Crippen molar-refractivity contribution in [3.8, 4) is 33.4 Å². The summed E-state index contributed by atoms with van der Waals surface area (Å²) >= 11 is 26.8. The molecule has 0 radical (unpaired) electrons. The molecular formula is C85H96BrCl3N12O9S3. The number of aromatic amines is 3. The summed E-state index contributed by atoms with van der Waals surface area (Å²) in [6, 6.07) is 28.8. The Bertz CT molecular complexity index is 5440. The molecule has 0 saturated carbocycles. The third-order valence-corrected chi connectivity index (χ3v) is 23.4. The van der Waals surface area contributed by atoms with Crippen molar-refractivity contribution >= 4 is 144 Å². The number of anilines is 2. The topological polar surface area (TPSA) is 261 Å². The monoisotopic (exact) mass is 1710 g/mol. The number of aliphatic carboxylic acids is 1. The third-order valence-electron chi connectivity index (χ3n) is 18.8. The molecule has 0 aliphatic carbocycles. The molecule has 5 N–H and O–H groups in total. The lowest BCUT2D eigenvalue weighted by atomic mass is 9.91. The summed E-state index contributed by atoms with van der Waals surface area (Å²) in [5.74, 6) is 1.08. The van der Waals surface area contributed by atoms with Crippen LogP contribution in [0.25, 0.3) is 64.0 Å². The van der Waals surface area contributed by atoms with Gasteiger partial charge >= 0.3 is 17.9 Å². The highest BCUT2D eigenvalue weighted by Crippen LogP contribution is 2.49. The van der Waals surface area contributed by atoms with E-state index in [1.54, 1.807) is 29.6 Å². The molecule has 12 aromatic rings. The Morgan fingerprint density at radius 1 is 0.487 bits per heavy atom. The van der Waals surface area contributed by atoms with Crippen LogP contribution in [0.4, 0.5) is 10.3 Å². The van der Waals surface area contributed by atoms with E-state index in [2.05, 4.69) is 72.0 Å². The van der Waals surface area contributed by atoms with Gasteiger partial charge in [-0.3, -0.25) is 0 Å². The predicted octanol–water partition coefficient (Wildman–Crippen LogP) is 20.9. The van der Waals surface area contributed by atoms with Crippen LogP contribution in [0.15, 0.2) is 94.9 Å². The number of H-pyrrole nitrogens is 3. The molecule has 3 aliphatic heterocycles. The Morgan fingerprint density at radius 2 is 0.823 bits per heavy atom. The minimum atomic E-state index is -1.13. The SMILES string of the molecule is CCOC(=O)[C@@H](OC(C)(C)C)c1c(C)cc2nc(Br)sc2c1-c1ccc(Cl)cc1.CCOC(=O)[C@@H](OC(C)(C)C)c1c(C)cc2nc(N3CCc4nc(C)[nH]c4C3)sc2c1-c1ccc(Cl)cc1.Cc1nc2c([nH]1)CN(c1nc3cc(C)c([C@H](OC(C)(C)C)C(=O)O)c(-c4ccc(Cl)cc4)c3s1)CC2.Cc1nc2c([nH]1)CNCC2. The average molecular weight is 1710 g/mol. The number of carboxylic acids is 1. The number of rotatable bonds is 16. The van der Waals surface area contributed by atoms with Crippen molar-refractivity contribution in [2.75, 3.05) is 42.6 Å². The van der Waals surface area contributed by atoms with Crippen molar-refractivity contribution in [2.24, 2.45) is 0 Å². The number of ether oxygens (including phenoxy) is 5. The van der Waals surface area contributed by atoms with E-state index in [9.17, 15) is 19.5 Å². The summed E-state index contributed by atoms with van der Waals surface area (Å²) in [6.07, 6.45) is -0.0820. The zero-order chi connectivity index (χ0) is 81.3. The first-order chi connectivity index (χ1) is 53.5. The number of carboxylic acid groups (broad SMARTS) is 1. The van der Waals surface area contributed by atoms with Crippen LogP contribution in [0.5, 0.6) is 0 Å². The molecule has 596 valence electrons. The molecule has 9 heterocycles. The minimum absolute atomic E-state index is 0.273. The first kappa shape index (κ1) is 84.2. The number of nitrogens with one attached hydrogen (secondary N) is 4. The van der Waals surface area contributed by atoms with Gasteiger partial charge in [0.05, 0.1) is 108 Å². The zero-order valence-corrected chi connectivity index (χ0v) is 73.0. The van der Waals surface area contributed by atoms with Gasteiger partial charge < -0.3 is 58.9 Å². The molecule has 21 nitrogen and oxygen atoms in total. The predicted molar refractivity (Wildman–Crippen MR) is 459 cm³/mol. The number of nitrogens with zero attached hydrogens (tertiary/aromatic N) is 8. The molecule has 113 heavy (non-hydrogen) atoms. The number of hydrogen-bond donors (Lipinski definition) is 5. The summed E-state index contributed by atoms with van der Waals surface area (Å²) < 4.78 is 33.3. The van der Waals surface area contributed by atoms with E-state index >= 15 is 0 Å². The van der Waals surface area contributed by atoms with Crippen LogP contribution in [-0.4, -0.2) is 118 Å². The second-order valence-corrected chi connectivity index (χ2v) is 36.7. The van der Waals surface area contributed by atoms with Crippen LogP contribution in [0.2, 0.25) is 15.1 Å². The Labute approximate surface area is 694 Å². The summed E-state index contributed by atoms with van der Waals surface area (Å²) in [6.45, 7) is 38.4. The van der Waals surface area contributed by atoms with Gasteiger partial charge in [-0.2, -0.15) is 0 Å². The van der Waals surface area contributed by atoms with Gasteiger partial charge in [0.15, 0.2) is 32.5 Å². The van der Waals surface area contributed by atoms with Crippen LogP contribution in [0, 0.1) is 41.5 Å². The standard InChI is InChI=1S/C29H33ClN4O3S.C27H29ClN4O3S.C22H23BrClNO3S.C7H11N3/c1-7-36-27(35)25(37-29(4,5)6)23-16(2)14-21-26(24(23)18-8-10-19(30)11-9-18)38-28(33-21)34-13-12-20-22(15-34)32-17(3)31-20;1-14-12-19-24(36-26(31-19)32-11-10-18-20(13-32)30-15(2)29-18)22(16-6-8-17(28)9-7-16)21(14)23(25(33)34)35-27(3,4)5;1-6-27-20(26)18(28-22(3,4)5)16-12(2)11-15-19(29-21(23)25-15)17(16)13-7-9-14(24)10-8-13;1-5-9-6-2-3-8-4-7(6)10-5/h8-11,14,25H,7,12-13,15H2,1-6H3,(H,31,32);6-9,12,23H,10-11,13H2,1-5H3,(H,29,30)(H,33,34);7-11,18H,6H2,1-5H3;8H,2-4H2,1H3,(H,9,10)/t25-;23-;18-;/m000./s1. The molecule has 3 aliphatic rings. The average Bonchev–Trinajstić information content (AvgIpc) is 1.62. The number of halogens is 4. The molecule has 0 amide bonds. The lowest BCUT2D eigenvalue weighted by molar-refractivity contribution is -0.167. The fraction of sp³-hybridized carbons (Fsp3) is 0.400. The van der Waals surface area contributed by atoms with Crippen molar-refractivity contribution in [3.05, 3.63) is 195 Å². The second-order valence-electron chi connectivity index (χ2n) is 31.2. The molecule has 0 unspecified atom stereocenters. The highest BCUT2D eigenvalue weighted by Gasteiger charge is 2.38. The Balaban J connectivity index is 0.000000148. The van der Waals surface area contributed by atoms with Gasteiger partial charge in [0, 0.05) is 93.9 Å². The van der Waals surface area contributed by atoms with Crippen LogP contribution < -0.4 is 15.1 Å². The van der Waals surface area contributed by atoms with Crippen molar-refractivity contribution in [3.63, 3.8) is 0 Å². The van der Waals surface area contributed by atoms with Crippen LogP contribution in [0.1, 0.15) is 179 Å². The number of esters is 2. The number of fused-ring (bicyclic) bond motifs is 6. The van der Waals surface area contributed by atoms with Crippen molar-refractivity contribution in [1.82, 2.24) is 50.2 Å². The van der Waals surface area contributed by atoms with E-state index in [0.717, 1.165) is 198 Å². The van der Waals surface area contributed by atoms with Gasteiger partial charge in [-0.1, -0.05) is 93.9 Å². The number of carbonyl (C=O) groups excluding carboxylic acids is 2. The lowest BCUT2D eigenvalue weighted by Crippen LogP contribution is -2.30. The zero-order valence-electron chi connectivity index (χ0n) is 66.7. The van der Waals surface area contributed by atoms with E-state index in [1.807, 2.05) is 196 Å². The normalized spacial score (nSPS) is 14.4. The van der Waals surface area contributed by atoms with Crippen LogP contribution >= 0.6 is 84.7 Å². The van der Waals surface area contributed by atoms with Gasteiger partial charge in [-0.05, 0) is 222 Å². The van der Waals surface area contributed by atoms with Gasteiger partial charge in [-0.15, -0.1) is 11.3 Å². The Hall–Kier alpha value is -8.18. The van der Waals surface area contributed by atoms with Crippen LogP contribution in [0.3, 0.4) is 0 Å². The van der Waals surface area contributed by atoms with Crippen molar-refractivity contribution in [1.29, 1.82) is 0 Å². The molecule has 15 rings (SSSR count). The number of aryl methyl sites for hydroxylation is 6. The number of carbonyl (C=O) groups is 3. The second kappa shape index (κ2) is 35.1. The smallest absolute Gasteiger partial charge is 0.339 e. The number of thiazole rings is 3. The number of aromatic nitrogens is 9. The summed E-state index contributed by atoms with van der Waals surface area (Å²) in [5, 5.41) is 17.3. The Morgan fingerprint density at radius 3 is 1.18 bits per heavy atom. The molecule has 0 fully saturated rings. The highest BCUT2D eigenvalue weighted by molar-refractivity contribution is 9.11. The third kappa shape index (κ3) is 20.0. The van der Waals surface area contributed by atoms with E-state index in [-0.39, 0.29) is 13.2 Å². The fourth-order valence-corrected chi connectivity index (χ4v) is 18.5. The lowest BCUT2D eigenvalue weighted by Gasteiger charge is -2.29. The van der Waals surface area contributed by atoms with E-state index in [1.165, 1.54) is 22.7 Å². The quantitative estimate of drug-likeness (QED) is 0.0563. The molecule has 0 spiro atoms. The molecule has 0 saturated heterocycles. The molecule has 28 heteroatoms. The molecule has 6 aromatic heterocycles. The van der Waals surface area contributed by atoms with Crippen molar-refractivity contribution in [2.45, 2.75) is 192 Å². The number of imidazole rings is 3. The van der Waals surface area contributed by atoms with Crippen molar-refractivity contribution < 1.29 is 43.2 Å². The first-order valence-electron chi connectivity index (χ1n) is 37.7. The summed E-state index contributed by atoms with van der Waals surface area (Å²) in [5.41, 5.74) is 18.2. The molecular weight excluding hydrogens is 1620 g/mol. The largest absolute Gasteiger partial charge is 0.479 e. The first-order valence-corrected chi connectivity index (χ1v) is 42.1. The summed E-state index contributed by atoms with van der Waals surface area (Å²) in [7, 11) is 0.